The third-order valence-corrected chi connectivity index (χ3v) is 5.13. The molecular formula is C21H22F3N3O2. The van der Waals surface area contributed by atoms with E-state index in [1.807, 2.05) is 4.90 Å². The number of carbonyl (C=O) groups excluding carboxylic acids is 2. The van der Waals surface area contributed by atoms with E-state index in [-0.39, 0.29) is 17.5 Å². The number of nitrogens with one attached hydrogen (secondary N) is 1. The number of carbonyl (C=O) groups is 2. The van der Waals surface area contributed by atoms with Crippen molar-refractivity contribution >= 4 is 17.5 Å². The minimum absolute atomic E-state index is 0.177. The molecule has 1 aliphatic rings. The zero-order valence-electron chi connectivity index (χ0n) is 16.2. The normalized spacial score (nSPS) is 15.8. The van der Waals surface area contributed by atoms with Gasteiger partial charge in [-0.05, 0) is 43.7 Å². The van der Waals surface area contributed by atoms with Gasteiger partial charge in [0.2, 0.25) is 5.91 Å². The third-order valence-electron chi connectivity index (χ3n) is 5.13. The average Bonchev–Trinajstić information content (AvgIpc) is 2.71. The smallest absolute Gasteiger partial charge is 0.254 e. The number of nitrogens with zero attached hydrogens (tertiary/aromatic N) is 2. The van der Waals surface area contributed by atoms with Gasteiger partial charge in [0.1, 0.15) is 5.82 Å². The van der Waals surface area contributed by atoms with Gasteiger partial charge in [-0.25, -0.2) is 13.2 Å². The summed E-state index contributed by atoms with van der Waals surface area (Å²) in [5.74, 6) is -3.03. The van der Waals surface area contributed by atoms with Crippen molar-refractivity contribution in [3.63, 3.8) is 0 Å². The lowest BCUT2D eigenvalue weighted by molar-refractivity contribution is -0.121. The topological polar surface area (TPSA) is 52.7 Å². The maximum atomic E-state index is 13.7. The number of hydrogen-bond donors (Lipinski definition) is 1. The monoisotopic (exact) mass is 405 g/mol. The summed E-state index contributed by atoms with van der Waals surface area (Å²) in [5, 5.41) is 2.57. The predicted octanol–water partition coefficient (Wildman–Crippen LogP) is 3.20. The second-order valence-corrected chi connectivity index (χ2v) is 7.09. The molecule has 0 aliphatic carbocycles. The largest absolute Gasteiger partial charge is 0.336 e. The molecule has 3 rings (SSSR count). The van der Waals surface area contributed by atoms with E-state index in [1.54, 1.807) is 30.9 Å². The number of rotatable bonds is 4. The van der Waals surface area contributed by atoms with Crippen LogP contribution in [0.15, 0.2) is 36.4 Å². The summed E-state index contributed by atoms with van der Waals surface area (Å²) in [4.78, 5) is 28.5. The average molecular weight is 405 g/mol. The SMILES string of the molecule is Cc1ccc(C(=O)N2CCN(C(C)C(=O)Nc3ccc(F)c(F)c3)CC2)cc1F. The fourth-order valence-electron chi connectivity index (χ4n) is 3.21. The molecule has 8 heteroatoms. The molecule has 1 heterocycles. The highest BCUT2D eigenvalue weighted by atomic mass is 19.2. The van der Waals surface area contributed by atoms with Crippen molar-refractivity contribution in [1.29, 1.82) is 0 Å². The lowest BCUT2D eigenvalue weighted by atomic mass is 10.1. The predicted molar refractivity (Wildman–Crippen MR) is 103 cm³/mol. The van der Waals surface area contributed by atoms with Crippen LogP contribution in [0, 0.1) is 24.4 Å². The highest BCUT2D eigenvalue weighted by Crippen LogP contribution is 2.16. The van der Waals surface area contributed by atoms with Gasteiger partial charge in [0.15, 0.2) is 11.6 Å². The lowest BCUT2D eigenvalue weighted by Crippen LogP contribution is -2.54. The van der Waals surface area contributed by atoms with E-state index in [0.29, 0.717) is 37.3 Å². The Kier molecular flexibility index (Phi) is 6.22. The van der Waals surface area contributed by atoms with Gasteiger partial charge in [0, 0.05) is 43.5 Å². The molecule has 1 aliphatic heterocycles. The number of halogens is 3. The molecule has 1 saturated heterocycles. The fraction of sp³-hybridized carbons (Fsp3) is 0.333. The van der Waals surface area contributed by atoms with Crippen molar-refractivity contribution in [1.82, 2.24) is 9.80 Å². The Morgan fingerprint density at radius 2 is 1.62 bits per heavy atom. The second kappa shape index (κ2) is 8.65. The van der Waals surface area contributed by atoms with E-state index in [2.05, 4.69) is 5.32 Å². The molecule has 2 aromatic rings. The summed E-state index contributed by atoms with van der Waals surface area (Å²) in [6.07, 6.45) is 0. The summed E-state index contributed by atoms with van der Waals surface area (Å²) >= 11 is 0. The molecule has 0 saturated carbocycles. The molecule has 1 N–H and O–H groups in total. The molecule has 0 radical (unpaired) electrons. The molecule has 1 fully saturated rings. The quantitative estimate of drug-likeness (QED) is 0.850. The maximum absolute atomic E-state index is 13.7. The zero-order valence-corrected chi connectivity index (χ0v) is 16.2. The van der Waals surface area contributed by atoms with Crippen molar-refractivity contribution in [3.05, 3.63) is 65.0 Å². The first-order valence-electron chi connectivity index (χ1n) is 9.31. The van der Waals surface area contributed by atoms with Crippen molar-refractivity contribution in [2.75, 3.05) is 31.5 Å². The van der Waals surface area contributed by atoms with Gasteiger partial charge in [-0.2, -0.15) is 0 Å². The molecule has 1 unspecified atom stereocenters. The van der Waals surface area contributed by atoms with E-state index >= 15 is 0 Å². The van der Waals surface area contributed by atoms with Crippen LogP contribution in [-0.4, -0.2) is 53.8 Å². The van der Waals surface area contributed by atoms with Gasteiger partial charge in [-0.15, -0.1) is 0 Å². The van der Waals surface area contributed by atoms with Gasteiger partial charge >= 0.3 is 0 Å². The minimum Gasteiger partial charge on any atom is -0.336 e. The van der Waals surface area contributed by atoms with Gasteiger partial charge in [-0.3, -0.25) is 14.5 Å². The van der Waals surface area contributed by atoms with Crippen molar-refractivity contribution < 1.29 is 22.8 Å². The first kappa shape index (κ1) is 20.9. The first-order chi connectivity index (χ1) is 13.8. The molecule has 2 aromatic carbocycles. The molecule has 0 aromatic heterocycles. The first-order valence-corrected chi connectivity index (χ1v) is 9.31. The van der Waals surface area contributed by atoms with Crippen molar-refractivity contribution in [2.24, 2.45) is 0 Å². The van der Waals surface area contributed by atoms with Crippen LogP contribution < -0.4 is 5.32 Å². The molecule has 5 nitrogen and oxygen atoms in total. The molecule has 0 spiro atoms. The minimum atomic E-state index is -1.03. The summed E-state index contributed by atoms with van der Waals surface area (Å²) in [6, 6.07) is 7.07. The lowest BCUT2D eigenvalue weighted by Gasteiger charge is -2.37. The van der Waals surface area contributed by atoms with Crippen molar-refractivity contribution in [2.45, 2.75) is 19.9 Å². The van der Waals surface area contributed by atoms with Crippen LogP contribution >= 0.6 is 0 Å². The molecule has 1 atom stereocenters. The van der Waals surface area contributed by atoms with E-state index in [9.17, 15) is 22.8 Å². The van der Waals surface area contributed by atoms with Gasteiger partial charge in [0.05, 0.1) is 6.04 Å². The Labute approximate surface area is 167 Å². The van der Waals surface area contributed by atoms with Crippen LogP contribution in [0.2, 0.25) is 0 Å². The van der Waals surface area contributed by atoms with Crippen LogP contribution in [-0.2, 0) is 4.79 Å². The van der Waals surface area contributed by atoms with Crippen LogP contribution in [0.3, 0.4) is 0 Å². The van der Waals surface area contributed by atoms with E-state index in [4.69, 9.17) is 0 Å². The third kappa shape index (κ3) is 4.76. The van der Waals surface area contributed by atoms with Crippen LogP contribution in [0.4, 0.5) is 18.9 Å². The summed E-state index contributed by atoms with van der Waals surface area (Å²) in [5.41, 5.74) is 0.953. The number of amides is 2. The molecule has 154 valence electrons. The maximum Gasteiger partial charge on any atom is 0.254 e. The zero-order chi connectivity index (χ0) is 21.1. The van der Waals surface area contributed by atoms with Crippen molar-refractivity contribution in [3.8, 4) is 0 Å². The molecular weight excluding hydrogens is 383 g/mol. The summed E-state index contributed by atoms with van der Waals surface area (Å²) < 4.78 is 40.0. The van der Waals surface area contributed by atoms with E-state index in [0.717, 1.165) is 12.1 Å². The molecule has 29 heavy (non-hydrogen) atoms. The summed E-state index contributed by atoms with van der Waals surface area (Å²) in [7, 11) is 0. The van der Waals surface area contributed by atoms with Crippen LogP contribution in [0.5, 0.6) is 0 Å². The van der Waals surface area contributed by atoms with E-state index in [1.165, 1.54) is 12.1 Å². The Bertz CT molecular complexity index is 927. The number of hydrogen-bond acceptors (Lipinski definition) is 3. The molecule has 2 amide bonds. The fourth-order valence-corrected chi connectivity index (χ4v) is 3.21. The van der Waals surface area contributed by atoms with Crippen LogP contribution in [0.25, 0.3) is 0 Å². The Hall–Kier alpha value is -2.87. The highest BCUT2D eigenvalue weighted by molar-refractivity contribution is 5.95. The van der Waals surface area contributed by atoms with Gasteiger partial charge < -0.3 is 10.2 Å². The standard InChI is InChI=1S/C21H22F3N3O2/c1-13-3-4-15(11-18(13)23)21(29)27-9-7-26(8-10-27)14(2)20(28)25-16-5-6-17(22)19(24)12-16/h3-6,11-12,14H,7-10H2,1-2H3,(H,25,28). The molecule has 0 bridgehead atoms. The van der Waals surface area contributed by atoms with Gasteiger partial charge in [-0.1, -0.05) is 6.07 Å². The van der Waals surface area contributed by atoms with E-state index < -0.39 is 23.5 Å². The number of piperazine rings is 1. The van der Waals surface area contributed by atoms with Crippen LogP contribution in [0.1, 0.15) is 22.8 Å². The Morgan fingerprint density at radius 1 is 0.931 bits per heavy atom. The number of aryl methyl sites for hydroxylation is 1. The van der Waals surface area contributed by atoms with Gasteiger partial charge in [0.25, 0.3) is 5.91 Å². The summed E-state index contributed by atoms with van der Waals surface area (Å²) in [6.45, 7) is 5.07. The highest BCUT2D eigenvalue weighted by Gasteiger charge is 2.28. The Morgan fingerprint density at radius 3 is 2.24 bits per heavy atom. The second-order valence-electron chi connectivity index (χ2n) is 7.09. The Balaban J connectivity index is 1.56. The number of anilines is 1. The number of benzene rings is 2.